The molecule has 4 fully saturated rings. The molecule has 27 heavy (non-hydrogen) atoms. The summed E-state index contributed by atoms with van der Waals surface area (Å²) in [5.41, 5.74) is 0.260. The summed E-state index contributed by atoms with van der Waals surface area (Å²) >= 11 is 0. The molecule has 4 saturated heterocycles. The molecule has 1 aromatic carbocycles. The van der Waals surface area contributed by atoms with Gasteiger partial charge in [0, 0.05) is 31.6 Å². The van der Waals surface area contributed by atoms with Crippen LogP contribution in [-0.4, -0.2) is 59.7 Å². The normalized spacial score (nSPS) is 29.6. The SMILES string of the molecule is O=C1CCC(N2C(=O)c3ccc(F)c(N4CC5CC(C4)N5)c3C2=O)C(=O)N1. The number of amides is 4. The largest absolute Gasteiger partial charge is 0.365 e. The van der Waals surface area contributed by atoms with Crippen LogP contribution < -0.4 is 15.5 Å². The number of piperazine rings is 1. The highest BCUT2D eigenvalue weighted by Crippen LogP contribution is 2.38. The fourth-order valence-electron chi connectivity index (χ4n) is 4.52. The molecule has 3 atom stereocenters. The van der Waals surface area contributed by atoms with Crippen LogP contribution in [0.4, 0.5) is 10.1 Å². The minimum absolute atomic E-state index is 0.0194. The number of hydrogen-bond donors (Lipinski definition) is 2. The maximum atomic E-state index is 14.7. The molecule has 6 rings (SSSR count). The minimum Gasteiger partial charge on any atom is -0.365 e. The van der Waals surface area contributed by atoms with Gasteiger partial charge in [-0.05, 0) is 25.0 Å². The second kappa shape index (κ2) is 5.59. The van der Waals surface area contributed by atoms with Crippen LogP contribution in [0.5, 0.6) is 0 Å². The number of halogens is 1. The average Bonchev–Trinajstić information content (AvgIpc) is 2.86. The van der Waals surface area contributed by atoms with Gasteiger partial charge in [-0.3, -0.25) is 29.4 Å². The monoisotopic (exact) mass is 372 g/mol. The van der Waals surface area contributed by atoms with Gasteiger partial charge in [0.15, 0.2) is 0 Å². The molecule has 0 aliphatic carbocycles. The number of carbonyl (C=O) groups excluding carboxylic acids is 4. The first-order valence-corrected chi connectivity index (χ1v) is 8.99. The summed E-state index contributed by atoms with van der Waals surface area (Å²) in [7, 11) is 0. The highest BCUT2D eigenvalue weighted by molar-refractivity contribution is 6.25. The smallest absolute Gasteiger partial charge is 0.264 e. The van der Waals surface area contributed by atoms with Crippen molar-refractivity contribution in [2.24, 2.45) is 0 Å². The fourth-order valence-corrected chi connectivity index (χ4v) is 4.52. The average molecular weight is 372 g/mol. The number of piperidine rings is 2. The van der Waals surface area contributed by atoms with Gasteiger partial charge in [-0.25, -0.2) is 4.39 Å². The Kier molecular flexibility index (Phi) is 3.39. The number of anilines is 1. The molecule has 0 saturated carbocycles. The van der Waals surface area contributed by atoms with Crippen LogP contribution in [0.1, 0.15) is 40.0 Å². The first-order valence-electron chi connectivity index (χ1n) is 8.99. The number of benzene rings is 1. The summed E-state index contributed by atoms with van der Waals surface area (Å²) in [4.78, 5) is 52.1. The number of hydrogen-bond acceptors (Lipinski definition) is 6. The number of nitrogens with one attached hydrogen (secondary N) is 2. The van der Waals surface area contributed by atoms with Crippen LogP contribution in [0.25, 0.3) is 0 Å². The Balaban J connectivity index is 1.54. The van der Waals surface area contributed by atoms with Crippen LogP contribution in [0.2, 0.25) is 0 Å². The zero-order chi connectivity index (χ0) is 18.9. The molecular weight excluding hydrogens is 355 g/mol. The predicted octanol–water partition coefficient (Wildman–Crippen LogP) is -0.223. The quantitative estimate of drug-likeness (QED) is 0.697. The van der Waals surface area contributed by atoms with Crippen molar-refractivity contribution in [1.82, 2.24) is 15.5 Å². The van der Waals surface area contributed by atoms with E-state index in [0.717, 1.165) is 11.3 Å². The number of nitrogens with zero attached hydrogens (tertiary/aromatic N) is 2. The minimum atomic E-state index is -1.05. The Labute approximate surface area is 153 Å². The Morgan fingerprint density at radius 1 is 1.04 bits per heavy atom. The van der Waals surface area contributed by atoms with Gasteiger partial charge < -0.3 is 10.2 Å². The summed E-state index contributed by atoms with van der Waals surface area (Å²) in [5.74, 6) is -2.95. The van der Waals surface area contributed by atoms with E-state index >= 15 is 0 Å². The zero-order valence-electron chi connectivity index (χ0n) is 14.3. The summed E-state index contributed by atoms with van der Waals surface area (Å²) in [5, 5.41) is 5.50. The Morgan fingerprint density at radius 2 is 1.74 bits per heavy atom. The molecule has 5 heterocycles. The van der Waals surface area contributed by atoms with Gasteiger partial charge in [0.05, 0.1) is 16.8 Å². The molecule has 9 heteroatoms. The Hall–Kier alpha value is -2.81. The lowest BCUT2D eigenvalue weighted by Gasteiger charge is -2.49. The van der Waals surface area contributed by atoms with Crippen LogP contribution in [0, 0.1) is 5.82 Å². The van der Waals surface area contributed by atoms with E-state index in [1.165, 1.54) is 12.1 Å². The van der Waals surface area contributed by atoms with Crippen LogP contribution in [0.15, 0.2) is 12.1 Å². The number of imide groups is 2. The molecule has 0 spiro atoms. The molecule has 1 aromatic rings. The summed E-state index contributed by atoms with van der Waals surface area (Å²) < 4.78 is 14.7. The Morgan fingerprint density at radius 3 is 2.41 bits per heavy atom. The van der Waals surface area contributed by atoms with Gasteiger partial charge >= 0.3 is 0 Å². The highest BCUT2D eigenvalue weighted by atomic mass is 19.1. The van der Waals surface area contributed by atoms with Crippen molar-refractivity contribution in [3.05, 3.63) is 29.1 Å². The molecule has 5 aliphatic rings. The fraction of sp³-hybridized carbons (Fsp3) is 0.444. The van der Waals surface area contributed by atoms with Gasteiger partial charge in [-0.2, -0.15) is 0 Å². The zero-order valence-corrected chi connectivity index (χ0v) is 14.3. The first-order chi connectivity index (χ1) is 12.9. The third-order valence-electron chi connectivity index (χ3n) is 5.77. The molecule has 2 bridgehead atoms. The molecule has 5 aliphatic heterocycles. The topological polar surface area (TPSA) is 98.8 Å². The van der Waals surface area contributed by atoms with E-state index in [4.69, 9.17) is 0 Å². The van der Waals surface area contributed by atoms with Gasteiger partial charge in [-0.1, -0.05) is 0 Å². The number of rotatable bonds is 2. The van der Waals surface area contributed by atoms with Gasteiger partial charge in [0.2, 0.25) is 11.8 Å². The molecule has 140 valence electrons. The molecule has 0 radical (unpaired) electrons. The predicted molar refractivity (Wildman–Crippen MR) is 90.6 cm³/mol. The molecule has 4 amide bonds. The van der Waals surface area contributed by atoms with E-state index in [2.05, 4.69) is 10.6 Å². The summed E-state index contributed by atoms with van der Waals surface area (Å²) in [6.07, 6.45) is 1.14. The van der Waals surface area contributed by atoms with Crippen molar-refractivity contribution >= 4 is 29.3 Å². The summed E-state index contributed by atoms with van der Waals surface area (Å²) in [6, 6.07) is 1.93. The number of carbonyl (C=O) groups is 4. The van der Waals surface area contributed by atoms with Gasteiger partial charge in [0.1, 0.15) is 11.9 Å². The van der Waals surface area contributed by atoms with Crippen molar-refractivity contribution in [3.63, 3.8) is 0 Å². The third-order valence-corrected chi connectivity index (χ3v) is 5.77. The maximum absolute atomic E-state index is 14.7. The first kappa shape index (κ1) is 16.4. The van der Waals surface area contributed by atoms with Crippen LogP contribution in [0.3, 0.4) is 0 Å². The lowest BCUT2D eigenvalue weighted by Crippen LogP contribution is -2.67. The van der Waals surface area contributed by atoms with Gasteiger partial charge in [-0.15, -0.1) is 0 Å². The van der Waals surface area contributed by atoms with Crippen molar-refractivity contribution < 1.29 is 23.6 Å². The second-order valence-corrected chi connectivity index (χ2v) is 7.47. The summed E-state index contributed by atoms with van der Waals surface area (Å²) in [6.45, 7) is 1.12. The van der Waals surface area contributed by atoms with E-state index < -0.39 is 35.5 Å². The van der Waals surface area contributed by atoms with Crippen LogP contribution in [-0.2, 0) is 9.59 Å². The lowest BCUT2D eigenvalue weighted by atomic mass is 9.90. The van der Waals surface area contributed by atoms with E-state index in [9.17, 15) is 23.6 Å². The highest BCUT2D eigenvalue weighted by Gasteiger charge is 2.48. The van der Waals surface area contributed by atoms with E-state index in [1.807, 2.05) is 4.90 Å². The van der Waals surface area contributed by atoms with E-state index in [-0.39, 0.29) is 41.7 Å². The standard InChI is InChI=1S/C18H17FN4O4/c19-11-2-1-10-14(15(11)22-6-8-5-9(7-22)20-8)18(27)23(17(10)26)12-3-4-13(24)21-16(12)25/h1-2,8-9,12,20H,3-7H2,(H,21,24,25). The van der Waals surface area contributed by atoms with E-state index in [1.54, 1.807) is 0 Å². The third kappa shape index (κ3) is 2.31. The molecule has 8 nitrogen and oxygen atoms in total. The molecule has 3 unspecified atom stereocenters. The van der Waals surface area contributed by atoms with Crippen molar-refractivity contribution in [2.75, 3.05) is 18.0 Å². The van der Waals surface area contributed by atoms with E-state index in [0.29, 0.717) is 13.1 Å². The Bertz CT molecular complexity index is 901. The second-order valence-electron chi connectivity index (χ2n) is 7.47. The number of fused-ring (bicyclic) bond motifs is 3. The maximum Gasteiger partial charge on any atom is 0.264 e. The molecular formula is C18H17FN4O4. The van der Waals surface area contributed by atoms with Crippen molar-refractivity contribution in [1.29, 1.82) is 0 Å². The van der Waals surface area contributed by atoms with Crippen LogP contribution >= 0.6 is 0 Å². The van der Waals surface area contributed by atoms with Crippen molar-refractivity contribution in [3.8, 4) is 0 Å². The molecule has 2 N–H and O–H groups in total. The molecule has 0 aromatic heterocycles. The van der Waals surface area contributed by atoms with Gasteiger partial charge in [0.25, 0.3) is 11.8 Å². The van der Waals surface area contributed by atoms with Crippen molar-refractivity contribution in [2.45, 2.75) is 37.4 Å². The lowest BCUT2D eigenvalue weighted by molar-refractivity contribution is -0.136.